The minimum Gasteiger partial charge on any atom is -0.478 e. The van der Waals surface area contributed by atoms with E-state index in [-0.39, 0.29) is 16.1 Å². The molecule has 2 aromatic carbocycles. The molecule has 110 valence electrons. The van der Waals surface area contributed by atoms with Crippen LogP contribution in [0.2, 0.25) is 0 Å². The van der Waals surface area contributed by atoms with E-state index in [1.54, 1.807) is 13.0 Å². The quantitative estimate of drug-likeness (QED) is 0.909. The second-order valence-corrected chi connectivity index (χ2v) is 6.34. The van der Waals surface area contributed by atoms with Crippen LogP contribution in [0.25, 0.3) is 0 Å². The van der Waals surface area contributed by atoms with Gasteiger partial charge in [0.25, 0.3) is 10.0 Å². The second-order valence-electron chi connectivity index (χ2n) is 4.69. The molecule has 0 unspecified atom stereocenters. The molecule has 0 bridgehead atoms. The number of hydrogen-bond acceptors (Lipinski definition) is 3. The summed E-state index contributed by atoms with van der Waals surface area (Å²) in [4.78, 5) is 11.1. The summed E-state index contributed by atoms with van der Waals surface area (Å²) in [7, 11) is -3.75. The topological polar surface area (TPSA) is 83.5 Å². The lowest BCUT2D eigenvalue weighted by Crippen LogP contribution is -2.15. The molecule has 0 aliphatic rings. The molecule has 0 amide bonds. The van der Waals surface area contributed by atoms with Gasteiger partial charge in [0, 0.05) is 5.69 Å². The lowest BCUT2D eigenvalue weighted by atomic mass is 10.1. The van der Waals surface area contributed by atoms with Gasteiger partial charge >= 0.3 is 5.97 Å². The molecule has 0 aromatic heterocycles. The minimum atomic E-state index is -3.75. The third-order valence-electron chi connectivity index (χ3n) is 3.21. The van der Waals surface area contributed by atoms with E-state index in [0.717, 1.165) is 5.56 Å². The summed E-state index contributed by atoms with van der Waals surface area (Å²) in [6.45, 7) is 3.57. The van der Waals surface area contributed by atoms with Gasteiger partial charge in [-0.25, -0.2) is 13.2 Å². The molecular weight excluding hydrogens is 290 g/mol. The second kappa shape index (κ2) is 5.57. The molecule has 21 heavy (non-hydrogen) atoms. The molecule has 0 heterocycles. The van der Waals surface area contributed by atoms with E-state index < -0.39 is 16.0 Å². The van der Waals surface area contributed by atoms with E-state index in [1.165, 1.54) is 30.3 Å². The number of sulfonamides is 1. The van der Waals surface area contributed by atoms with Crippen LogP contribution in [0.3, 0.4) is 0 Å². The number of aryl methyl sites for hydroxylation is 1. The first-order valence-electron chi connectivity index (χ1n) is 6.23. The highest BCUT2D eigenvalue weighted by Crippen LogP contribution is 2.22. The summed E-state index contributed by atoms with van der Waals surface area (Å²) in [5, 5.41) is 8.93. The van der Waals surface area contributed by atoms with E-state index in [2.05, 4.69) is 4.72 Å². The maximum Gasteiger partial charge on any atom is 0.335 e. The minimum absolute atomic E-state index is 0.0242. The Hall–Kier alpha value is -2.34. The predicted octanol–water partition coefficient (Wildman–Crippen LogP) is 2.80. The summed E-state index contributed by atoms with van der Waals surface area (Å²) >= 11 is 0. The first-order chi connectivity index (χ1) is 9.81. The zero-order chi connectivity index (χ0) is 15.6. The maximum atomic E-state index is 12.4. The Bertz CT molecular complexity index is 797. The maximum absolute atomic E-state index is 12.4. The van der Waals surface area contributed by atoms with Crippen molar-refractivity contribution < 1.29 is 18.3 Å². The van der Waals surface area contributed by atoms with Crippen molar-refractivity contribution in [2.45, 2.75) is 18.7 Å². The zero-order valence-corrected chi connectivity index (χ0v) is 12.4. The molecule has 5 nitrogen and oxygen atoms in total. The van der Waals surface area contributed by atoms with Crippen LogP contribution in [0.4, 0.5) is 5.69 Å². The van der Waals surface area contributed by atoms with Crippen molar-refractivity contribution in [3.05, 3.63) is 59.2 Å². The standard InChI is InChI=1S/C15H15NO4S/c1-10-5-3-8-14(11(10)2)21(19,20)16-13-7-4-6-12(9-13)15(17)18/h3-9,16H,1-2H3,(H,17,18). The summed E-state index contributed by atoms with van der Waals surface area (Å²) in [6.07, 6.45) is 0. The van der Waals surface area contributed by atoms with Gasteiger partial charge in [-0.1, -0.05) is 18.2 Å². The average molecular weight is 305 g/mol. The Morgan fingerprint density at radius 1 is 1.10 bits per heavy atom. The van der Waals surface area contributed by atoms with E-state index in [9.17, 15) is 13.2 Å². The fraction of sp³-hybridized carbons (Fsp3) is 0.133. The third kappa shape index (κ3) is 3.22. The van der Waals surface area contributed by atoms with Crippen LogP contribution in [0.15, 0.2) is 47.4 Å². The first-order valence-corrected chi connectivity index (χ1v) is 7.72. The van der Waals surface area contributed by atoms with Crippen LogP contribution in [0, 0.1) is 13.8 Å². The third-order valence-corrected chi connectivity index (χ3v) is 4.73. The van der Waals surface area contributed by atoms with Gasteiger partial charge in [0.15, 0.2) is 0 Å². The van der Waals surface area contributed by atoms with E-state index >= 15 is 0 Å². The van der Waals surface area contributed by atoms with E-state index in [0.29, 0.717) is 5.56 Å². The number of rotatable bonds is 4. The van der Waals surface area contributed by atoms with Crippen molar-refractivity contribution in [2.24, 2.45) is 0 Å². The summed E-state index contributed by atoms with van der Waals surface area (Å²) in [5.74, 6) is -1.11. The summed E-state index contributed by atoms with van der Waals surface area (Å²) < 4.78 is 27.2. The molecule has 0 radical (unpaired) electrons. The van der Waals surface area contributed by atoms with Crippen molar-refractivity contribution in [3.8, 4) is 0 Å². The number of carboxylic acid groups (broad SMARTS) is 1. The monoisotopic (exact) mass is 305 g/mol. The van der Waals surface area contributed by atoms with Crippen molar-refractivity contribution >= 4 is 21.7 Å². The predicted molar refractivity (Wildman–Crippen MR) is 80.1 cm³/mol. The van der Waals surface area contributed by atoms with Crippen molar-refractivity contribution in [1.82, 2.24) is 0 Å². The number of benzene rings is 2. The van der Waals surface area contributed by atoms with Crippen LogP contribution in [-0.4, -0.2) is 19.5 Å². The molecule has 2 aromatic rings. The molecule has 0 fully saturated rings. The molecular formula is C15H15NO4S. The van der Waals surface area contributed by atoms with Crippen molar-refractivity contribution in [2.75, 3.05) is 4.72 Å². The fourth-order valence-electron chi connectivity index (χ4n) is 1.94. The van der Waals surface area contributed by atoms with Gasteiger partial charge in [-0.15, -0.1) is 0 Å². The number of carboxylic acids is 1. The summed E-state index contributed by atoms with van der Waals surface area (Å²) in [5.41, 5.74) is 1.78. The number of aromatic carboxylic acids is 1. The lowest BCUT2D eigenvalue weighted by Gasteiger charge is -2.12. The van der Waals surface area contributed by atoms with Gasteiger partial charge in [-0.05, 0) is 49.2 Å². The molecule has 0 saturated heterocycles. The van der Waals surface area contributed by atoms with E-state index in [1.807, 2.05) is 13.0 Å². The van der Waals surface area contributed by atoms with Gasteiger partial charge < -0.3 is 5.11 Å². The first kappa shape index (κ1) is 15.1. The molecule has 2 N–H and O–H groups in total. The number of anilines is 1. The SMILES string of the molecule is Cc1cccc(S(=O)(=O)Nc2cccc(C(=O)O)c2)c1C. The number of nitrogens with one attached hydrogen (secondary N) is 1. The highest BCUT2D eigenvalue weighted by atomic mass is 32.2. The van der Waals surface area contributed by atoms with Gasteiger partial charge in [0.05, 0.1) is 10.5 Å². The van der Waals surface area contributed by atoms with Crippen LogP contribution in [0.5, 0.6) is 0 Å². The van der Waals surface area contributed by atoms with Crippen LogP contribution in [0.1, 0.15) is 21.5 Å². The highest BCUT2D eigenvalue weighted by Gasteiger charge is 2.18. The lowest BCUT2D eigenvalue weighted by molar-refractivity contribution is 0.0697. The number of hydrogen-bond donors (Lipinski definition) is 2. The van der Waals surface area contributed by atoms with Gasteiger partial charge in [-0.3, -0.25) is 4.72 Å². The van der Waals surface area contributed by atoms with Crippen molar-refractivity contribution in [3.63, 3.8) is 0 Å². The normalized spacial score (nSPS) is 11.1. The fourth-order valence-corrected chi connectivity index (χ4v) is 3.31. The van der Waals surface area contributed by atoms with Gasteiger partial charge in [0.2, 0.25) is 0 Å². The molecule has 0 aliphatic heterocycles. The Balaban J connectivity index is 2.40. The van der Waals surface area contributed by atoms with E-state index in [4.69, 9.17) is 5.11 Å². The van der Waals surface area contributed by atoms with Crippen LogP contribution in [-0.2, 0) is 10.0 Å². The Kier molecular flexibility index (Phi) is 3.99. The largest absolute Gasteiger partial charge is 0.478 e. The Morgan fingerprint density at radius 2 is 1.76 bits per heavy atom. The summed E-state index contributed by atoms with van der Waals surface area (Å²) in [6, 6.07) is 10.7. The highest BCUT2D eigenvalue weighted by molar-refractivity contribution is 7.92. The zero-order valence-electron chi connectivity index (χ0n) is 11.6. The average Bonchev–Trinajstić information content (AvgIpc) is 2.41. The van der Waals surface area contributed by atoms with Crippen molar-refractivity contribution in [1.29, 1.82) is 0 Å². The molecule has 2 rings (SSSR count). The van der Waals surface area contributed by atoms with Gasteiger partial charge in [0.1, 0.15) is 0 Å². The molecule has 0 spiro atoms. The Labute approximate surface area is 123 Å². The molecule has 0 saturated carbocycles. The molecule has 0 atom stereocenters. The van der Waals surface area contributed by atoms with Crippen LogP contribution < -0.4 is 4.72 Å². The molecule has 6 heteroatoms. The van der Waals surface area contributed by atoms with Gasteiger partial charge in [-0.2, -0.15) is 0 Å². The van der Waals surface area contributed by atoms with Crippen LogP contribution >= 0.6 is 0 Å². The Morgan fingerprint density at radius 3 is 2.43 bits per heavy atom. The molecule has 0 aliphatic carbocycles. The smallest absolute Gasteiger partial charge is 0.335 e. The number of carbonyl (C=O) groups is 1.